The minimum atomic E-state index is -4.72. The van der Waals surface area contributed by atoms with Crippen LogP contribution in [0.2, 0.25) is 0 Å². The molecular formula is C19H22F3IN4O2. The first-order valence-corrected chi connectivity index (χ1v) is 8.52. The molecule has 29 heavy (non-hydrogen) atoms. The van der Waals surface area contributed by atoms with Crippen molar-refractivity contribution in [2.75, 3.05) is 6.54 Å². The van der Waals surface area contributed by atoms with Gasteiger partial charge in [-0.05, 0) is 42.3 Å². The van der Waals surface area contributed by atoms with E-state index in [1.54, 1.807) is 18.2 Å². The first-order valence-electron chi connectivity index (χ1n) is 8.52. The molecule has 0 radical (unpaired) electrons. The lowest BCUT2D eigenvalue weighted by atomic mass is 10.1. The van der Waals surface area contributed by atoms with Crippen LogP contribution in [0.4, 0.5) is 13.2 Å². The Morgan fingerprint density at radius 2 is 1.79 bits per heavy atom. The van der Waals surface area contributed by atoms with Crippen LogP contribution in [-0.2, 0) is 13.1 Å². The van der Waals surface area contributed by atoms with E-state index >= 15 is 0 Å². The van der Waals surface area contributed by atoms with E-state index in [0.29, 0.717) is 24.2 Å². The topological polar surface area (TPSA) is 88.7 Å². The number of nitrogens with zero attached hydrogens (tertiary/aromatic N) is 1. The normalized spacial score (nSPS) is 11.4. The molecule has 0 spiro atoms. The van der Waals surface area contributed by atoms with Crippen LogP contribution in [0.15, 0.2) is 53.5 Å². The van der Waals surface area contributed by atoms with Gasteiger partial charge in [0.25, 0.3) is 5.91 Å². The minimum absolute atomic E-state index is 0. The largest absolute Gasteiger partial charge is 0.573 e. The van der Waals surface area contributed by atoms with E-state index in [-0.39, 0.29) is 48.1 Å². The van der Waals surface area contributed by atoms with Crippen molar-refractivity contribution in [3.8, 4) is 5.75 Å². The van der Waals surface area contributed by atoms with Gasteiger partial charge in [-0.2, -0.15) is 0 Å². The Morgan fingerprint density at radius 3 is 2.41 bits per heavy atom. The molecule has 0 saturated heterocycles. The second kappa shape index (κ2) is 11.5. The summed E-state index contributed by atoms with van der Waals surface area (Å²) in [7, 11) is 0. The van der Waals surface area contributed by atoms with E-state index in [1.165, 1.54) is 24.3 Å². The zero-order chi connectivity index (χ0) is 20.6. The Morgan fingerprint density at radius 1 is 1.10 bits per heavy atom. The molecule has 0 fully saturated rings. The second-order valence-electron chi connectivity index (χ2n) is 5.81. The molecular weight excluding hydrogens is 500 g/mol. The van der Waals surface area contributed by atoms with Crippen molar-refractivity contribution >= 4 is 35.8 Å². The summed E-state index contributed by atoms with van der Waals surface area (Å²) < 4.78 is 40.2. The number of amides is 1. The Balaban J connectivity index is 0.00000420. The number of carbonyl (C=O) groups excluding carboxylic acids is 1. The molecule has 4 N–H and O–H groups in total. The quantitative estimate of drug-likeness (QED) is 0.295. The third kappa shape index (κ3) is 9.03. The summed E-state index contributed by atoms with van der Waals surface area (Å²) in [4.78, 5) is 16.0. The number of benzene rings is 2. The number of alkyl halides is 3. The summed E-state index contributed by atoms with van der Waals surface area (Å²) in [5.74, 6) is -0.263. The molecule has 1 amide bonds. The third-order valence-electron chi connectivity index (χ3n) is 3.59. The van der Waals surface area contributed by atoms with Crippen molar-refractivity contribution in [1.29, 1.82) is 0 Å². The monoisotopic (exact) mass is 522 g/mol. The van der Waals surface area contributed by atoms with Gasteiger partial charge < -0.3 is 21.1 Å². The van der Waals surface area contributed by atoms with Gasteiger partial charge in [0.05, 0.1) is 6.54 Å². The average Bonchev–Trinajstić information content (AvgIpc) is 2.65. The van der Waals surface area contributed by atoms with Crippen molar-refractivity contribution in [3.05, 3.63) is 65.2 Å². The third-order valence-corrected chi connectivity index (χ3v) is 3.59. The number of ether oxygens (including phenoxy) is 1. The number of halogens is 4. The maximum atomic E-state index is 12.1. The highest BCUT2D eigenvalue weighted by Crippen LogP contribution is 2.22. The molecule has 10 heteroatoms. The first-order chi connectivity index (χ1) is 13.3. The van der Waals surface area contributed by atoms with Gasteiger partial charge in [-0.1, -0.05) is 24.3 Å². The number of rotatable bonds is 7. The standard InChI is InChI=1S/C19H21F3N4O2.HI/c1-2-24-17(27)15-5-3-4-14(10-15)12-26-18(23)25-11-13-6-8-16(9-7-13)28-19(20,21)22;/h3-10H,2,11-12H2,1H3,(H,24,27)(H3,23,25,26);1H. The van der Waals surface area contributed by atoms with Crippen LogP contribution in [-0.4, -0.2) is 24.8 Å². The summed E-state index contributed by atoms with van der Waals surface area (Å²) in [5.41, 5.74) is 7.89. The lowest BCUT2D eigenvalue weighted by molar-refractivity contribution is -0.274. The fourth-order valence-electron chi connectivity index (χ4n) is 2.31. The molecule has 0 bridgehead atoms. The first kappa shape index (κ1) is 24.5. The molecule has 0 aliphatic heterocycles. The van der Waals surface area contributed by atoms with Crippen LogP contribution in [0.1, 0.15) is 28.4 Å². The van der Waals surface area contributed by atoms with Gasteiger partial charge in [0, 0.05) is 18.7 Å². The molecule has 2 aromatic rings. The summed E-state index contributed by atoms with van der Waals surface area (Å²) in [6.07, 6.45) is -4.72. The summed E-state index contributed by atoms with van der Waals surface area (Å²) in [5, 5.41) is 5.61. The van der Waals surface area contributed by atoms with Gasteiger partial charge in [-0.3, -0.25) is 4.79 Å². The van der Waals surface area contributed by atoms with Gasteiger partial charge in [0.15, 0.2) is 5.96 Å². The van der Waals surface area contributed by atoms with E-state index in [0.717, 1.165) is 5.56 Å². The van der Waals surface area contributed by atoms with Crippen molar-refractivity contribution in [2.45, 2.75) is 26.4 Å². The zero-order valence-electron chi connectivity index (χ0n) is 15.6. The fraction of sp³-hybridized carbons (Fsp3) is 0.263. The summed E-state index contributed by atoms with van der Waals surface area (Å²) in [6.45, 7) is 2.96. The Labute approximate surface area is 183 Å². The van der Waals surface area contributed by atoms with Gasteiger partial charge in [0.1, 0.15) is 5.75 Å². The van der Waals surface area contributed by atoms with E-state index < -0.39 is 6.36 Å². The highest BCUT2D eigenvalue weighted by atomic mass is 127. The molecule has 2 rings (SSSR count). The zero-order valence-corrected chi connectivity index (χ0v) is 18.0. The van der Waals surface area contributed by atoms with E-state index in [2.05, 4.69) is 20.4 Å². The Kier molecular flexibility index (Phi) is 9.72. The summed E-state index contributed by atoms with van der Waals surface area (Å²) >= 11 is 0. The van der Waals surface area contributed by atoms with Crippen LogP contribution < -0.4 is 21.1 Å². The lowest BCUT2D eigenvalue weighted by Crippen LogP contribution is -2.31. The van der Waals surface area contributed by atoms with Crippen molar-refractivity contribution < 1.29 is 22.7 Å². The minimum Gasteiger partial charge on any atom is -0.406 e. The second-order valence-corrected chi connectivity index (χ2v) is 5.81. The highest BCUT2D eigenvalue weighted by molar-refractivity contribution is 14.0. The van der Waals surface area contributed by atoms with Crippen LogP contribution in [0, 0.1) is 0 Å². The number of hydrogen-bond acceptors (Lipinski definition) is 3. The highest BCUT2D eigenvalue weighted by Gasteiger charge is 2.30. The predicted molar refractivity (Wildman–Crippen MR) is 115 cm³/mol. The Hall–Kier alpha value is -2.50. The van der Waals surface area contributed by atoms with Crippen LogP contribution in [0.25, 0.3) is 0 Å². The predicted octanol–water partition coefficient (Wildman–Crippen LogP) is 3.56. The van der Waals surface area contributed by atoms with Gasteiger partial charge in [-0.25, -0.2) is 4.99 Å². The smallest absolute Gasteiger partial charge is 0.406 e. The molecule has 0 aliphatic rings. The number of guanidine groups is 1. The van der Waals surface area contributed by atoms with E-state index in [1.807, 2.05) is 13.0 Å². The summed E-state index contributed by atoms with van der Waals surface area (Å²) in [6, 6.07) is 12.5. The molecule has 158 valence electrons. The fourth-order valence-corrected chi connectivity index (χ4v) is 2.31. The Bertz CT molecular complexity index is 827. The van der Waals surface area contributed by atoms with Crippen LogP contribution in [0.5, 0.6) is 5.75 Å². The molecule has 0 atom stereocenters. The van der Waals surface area contributed by atoms with Gasteiger partial charge >= 0.3 is 6.36 Å². The number of hydrogen-bond donors (Lipinski definition) is 3. The number of nitrogens with two attached hydrogens (primary N) is 1. The maximum absolute atomic E-state index is 12.1. The molecule has 0 unspecified atom stereocenters. The molecule has 2 aromatic carbocycles. The molecule has 0 heterocycles. The average molecular weight is 522 g/mol. The molecule has 6 nitrogen and oxygen atoms in total. The van der Waals surface area contributed by atoms with Gasteiger partial charge in [0.2, 0.25) is 0 Å². The molecule has 0 aromatic heterocycles. The van der Waals surface area contributed by atoms with Gasteiger partial charge in [-0.15, -0.1) is 37.1 Å². The SMILES string of the molecule is CCNC(=O)c1cccc(CN=C(N)NCc2ccc(OC(F)(F)F)cc2)c1.I. The molecule has 0 aliphatic carbocycles. The maximum Gasteiger partial charge on any atom is 0.573 e. The van der Waals surface area contributed by atoms with Crippen molar-refractivity contribution in [2.24, 2.45) is 10.7 Å². The van der Waals surface area contributed by atoms with Crippen molar-refractivity contribution in [3.63, 3.8) is 0 Å². The van der Waals surface area contributed by atoms with Crippen LogP contribution >= 0.6 is 24.0 Å². The lowest BCUT2D eigenvalue weighted by Gasteiger charge is -2.10. The number of carbonyl (C=O) groups is 1. The van der Waals surface area contributed by atoms with Crippen molar-refractivity contribution in [1.82, 2.24) is 10.6 Å². The van der Waals surface area contributed by atoms with Crippen LogP contribution in [0.3, 0.4) is 0 Å². The van der Waals surface area contributed by atoms with E-state index in [4.69, 9.17) is 5.73 Å². The molecule has 0 saturated carbocycles. The number of aliphatic imine (C=N–C) groups is 1. The van der Waals surface area contributed by atoms with E-state index in [9.17, 15) is 18.0 Å². The number of nitrogens with one attached hydrogen (secondary N) is 2.